The van der Waals surface area contributed by atoms with Gasteiger partial charge < -0.3 is 19.4 Å². The highest BCUT2D eigenvalue weighted by molar-refractivity contribution is 7.47. The molecule has 0 aliphatic heterocycles. The predicted molar refractivity (Wildman–Crippen MR) is 327 cm³/mol. The minimum atomic E-state index is -4.48. The molecule has 432 valence electrons. The summed E-state index contributed by atoms with van der Waals surface area (Å²) in [6.07, 6.45) is 77.4. The molecule has 0 rings (SSSR count). The van der Waals surface area contributed by atoms with Crippen molar-refractivity contribution in [1.29, 1.82) is 0 Å². The highest BCUT2D eigenvalue weighted by Crippen LogP contribution is 2.43. The Labute approximate surface area is 466 Å². The largest absolute Gasteiger partial charge is 0.472 e. The zero-order chi connectivity index (χ0) is 55.7. The normalized spacial score (nSPS) is 14.7. The van der Waals surface area contributed by atoms with Gasteiger partial charge in [-0.15, -0.1) is 0 Å². The number of esters is 1. The Kier molecular flexibility index (Phi) is 51.7. The Balaban J connectivity index is 5.47. The van der Waals surface area contributed by atoms with E-state index in [9.17, 15) is 19.0 Å². The number of hydrogen-bond acceptors (Lipinski definition) is 6. The molecule has 3 unspecified atom stereocenters. The molecule has 0 aromatic heterocycles. The lowest BCUT2D eigenvalue weighted by Gasteiger charge is -2.27. The van der Waals surface area contributed by atoms with Crippen LogP contribution in [-0.4, -0.2) is 74.3 Å². The molecule has 2 N–H and O–H groups in total. The second-order valence-electron chi connectivity index (χ2n) is 20.8. The van der Waals surface area contributed by atoms with Crippen LogP contribution in [0.3, 0.4) is 0 Å². The number of allylic oxidation sites excluding steroid dienone is 21. The van der Waals surface area contributed by atoms with Crippen molar-refractivity contribution in [1.82, 2.24) is 5.32 Å². The van der Waals surface area contributed by atoms with Crippen molar-refractivity contribution in [3.63, 3.8) is 0 Å². The number of carbonyl (C=O) groups is 2. The van der Waals surface area contributed by atoms with E-state index in [1.807, 2.05) is 33.3 Å². The number of ether oxygens (including phenoxy) is 1. The van der Waals surface area contributed by atoms with Gasteiger partial charge in [0, 0.05) is 12.8 Å². The van der Waals surface area contributed by atoms with Crippen molar-refractivity contribution in [3.8, 4) is 0 Å². The standard InChI is InChI=1S/C66H111N2O7P/c1-7-10-13-16-19-22-25-28-30-32-33-34-35-36-38-41-44-47-50-53-56-59-66(70)75-64(57-54-51-48-45-42-39-27-24-21-18-15-12-9-3)63(62-74-76(71,72)73-61-60-68(4,5)6)67-65(69)58-55-52-49-46-43-40-37-31-29-26-23-20-17-14-11-8-2/h10-11,13-14,19-20,22-23,28-31,33-34,36,38,40,43-44,47,54,57,63-64H,7-9,12,15-18,21,24-27,32,35,37,39,41-42,45-46,48-53,55-56,58-62H2,1-6H3,(H-,67,69,71,72)/p+1/b13-10-,14-11+,22-19-,23-20+,30-28-,31-29+,34-33-,38-36-,43-40+,47-44-,57-54+. The first-order valence-corrected chi connectivity index (χ1v) is 31.5. The lowest BCUT2D eigenvalue weighted by atomic mass is 10.0. The molecule has 0 saturated carbocycles. The van der Waals surface area contributed by atoms with Crippen LogP contribution < -0.4 is 5.32 Å². The summed E-state index contributed by atoms with van der Waals surface area (Å²) >= 11 is 0. The third-order valence-corrected chi connectivity index (χ3v) is 13.3. The highest BCUT2D eigenvalue weighted by Gasteiger charge is 2.30. The molecule has 0 aromatic carbocycles. The van der Waals surface area contributed by atoms with Gasteiger partial charge in [0.1, 0.15) is 19.3 Å². The molecule has 0 aliphatic carbocycles. The Hall–Kier alpha value is -3.85. The summed E-state index contributed by atoms with van der Waals surface area (Å²) in [7, 11) is 1.43. The van der Waals surface area contributed by atoms with Crippen LogP contribution in [0, 0.1) is 0 Å². The van der Waals surface area contributed by atoms with Gasteiger partial charge in [0.2, 0.25) is 5.91 Å². The maximum Gasteiger partial charge on any atom is 0.472 e. The lowest BCUT2D eigenvalue weighted by molar-refractivity contribution is -0.870. The smallest absolute Gasteiger partial charge is 0.456 e. The molecule has 0 aliphatic rings. The third-order valence-electron chi connectivity index (χ3n) is 12.3. The van der Waals surface area contributed by atoms with Crippen molar-refractivity contribution in [2.45, 2.75) is 232 Å². The number of quaternary nitrogens is 1. The number of nitrogens with zero attached hydrogens (tertiary/aromatic N) is 1. The fourth-order valence-electron chi connectivity index (χ4n) is 7.76. The summed E-state index contributed by atoms with van der Waals surface area (Å²) in [5, 5.41) is 3.02. The molecular weight excluding hydrogens is 964 g/mol. The van der Waals surface area contributed by atoms with Crippen LogP contribution >= 0.6 is 7.82 Å². The second-order valence-corrected chi connectivity index (χ2v) is 22.2. The first-order chi connectivity index (χ1) is 36.9. The van der Waals surface area contributed by atoms with E-state index in [1.165, 1.54) is 57.8 Å². The van der Waals surface area contributed by atoms with E-state index in [4.69, 9.17) is 13.8 Å². The average Bonchev–Trinajstić information content (AvgIpc) is 3.38. The van der Waals surface area contributed by atoms with Crippen molar-refractivity contribution >= 4 is 19.7 Å². The number of likely N-dealkylation sites (N-methyl/N-ethyl adjacent to an activating group) is 1. The number of phosphoric ester groups is 1. The number of nitrogens with one attached hydrogen (secondary N) is 1. The van der Waals surface area contributed by atoms with Crippen LogP contribution in [0.5, 0.6) is 0 Å². The van der Waals surface area contributed by atoms with Gasteiger partial charge in [-0.2, -0.15) is 0 Å². The van der Waals surface area contributed by atoms with Crippen LogP contribution in [0.2, 0.25) is 0 Å². The molecule has 3 atom stereocenters. The van der Waals surface area contributed by atoms with Crippen molar-refractivity contribution in [2.24, 2.45) is 0 Å². The van der Waals surface area contributed by atoms with Crippen LogP contribution in [-0.2, 0) is 27.9 Å². The topological polar surface area (TPSA) is 111 Å². The van der Waals surface area contributed by atoms with Crippen LogP contribution in [0.25, 0.3) is 0 Å². The van der Waals surface area contributed by atoms with E-state index in [0.29, 0.717) is 23.9 Å². The van der Waals surface area contributed by atoms with Crippen LogP contribution in [0.15, 0.2) is 134 Å². The number of rotatable bonds is 52. The van der Waals surface area contributed by atoms with E-state index in [1.54, 1.807) is 0 Å². The Morgan fingerprint density at radius 2 is 0.842 bits per heavy atom. The number of carbonyl (C=O) groups excluding carboxylic acids is 2. The van der Waals surface area contributed by atoms with E-state index in [-0.39, 0.29) is 37.9 Å². The van der Waals surface area contributed by atoms with Crippen LogP contribution in [0.1, 0.15) is 220 Å². The molecule has 0 saturated heterocycles. The first kappa shape index (κ1) is 72.2. The Morgan fingerprint density at radius 3 is 1.28 bits per heavy atom. The summed E-state index contributed by atoms with van der Waals surface area (Å²) in [5.74, 6) is -0.604. The van der Waals surface area contributed by atoms with Crippen LogP contribution in [0.4, 0.5) is 0 Å². The summed E-state index contributed by atoms with van der Waals surface area (Å²) in [5.41, 5.74) is 0. The van der Waals surface area contributed by atoms with Gasteiger partial charge in [-0.1, -0.05) is 219 Å². The molecule has 0 spiro atoms. The number of phosphoric acid groups is 1. The van der Waals surface area contributed by atoms with Gasteiger partial charge in [-0.3, -0.25) is 18.6 Å². The summed E-state index contributed by atoms with van der Waals surface area (Å²) in [6.45, 7) is 6.70. The fourth-order valence-corrected chi connectivity index (χ4v) is 8.49. The van der Waals surface area contributed by atoms with Crippen molar-refractivity contribution in [3.05, 3.63) is 134 Å². The zero-order valence-corrected chi connectivity index (χ0v) is 50.1. The molecule has 0 heterocycles. The van der Waals surface area contributed by atoms with E-state index < -0.39 is 20.0 Å². The molecule has 0 bridgehead atoms. The van der Waals surface area contributed by atoms with Crippen molar-refractivity contribution in [2.75, 3.05) is 40.9 Å². The summed E-state index contributed by atoms with van der Waals surface area (Å²) in [4.78, 5) is 37.7. The molecular formula is C66H112N2O7P+. The van der Waals surface area contributed by atoms with Gasteiger partial charge in [0.05, 0.1) is 33.8 Å². The summed E-state index contributed by atoms with van der Waals surface area (Å²) in [6, 6.07) is -0.893. The molecule has 1 amide bonds. The van der Waals surface area contributed by atoms with Gasteiger partial charge in [-0.05, 0) is 122 Å². The second kappa shape index (κ2) is 54.5. The number of unbranched alkanes of at least 4 members (excludes halogenated alkanes) is 16. The number of hydrogen-bond donors (Lipinski definition) is 2. The third kappa shape index (κ3) is 54.9. The van der Waals surface area contributed by atoms with E-state index >= 15 is 0 Å². The Bertz CT molecular complexity index is 1760. The minimum Gasteiger partial charge on any atom is -0.456 e. The zero-order valence-electron chi connectivity index (χ0n) is 49.2. The maximum atomic E-state index is 13.5. The Morgan fingerprint density at radius 1 is 0.474 bits per heavy atom. The molecule has 0 aromatic rings. The molecule has 10 heteroatoms. The average molecular weight is 1080 g/mol. The molecule has 0 fully saturated rings. The molecule has 76 heavy (non-hydrogen) atoms. The molecule has 0 radical (unpaired) electrons. The van der Waals surface area contributed by atoms with E-state index in [2.05, 4.69) is 148 Å². The predicted octanol–water partition coefficient (Wildman–Crippen LogP) is 18.5. The van der Waals surface area contributed by atoms with Gasteiger partial charge in [0.25, 0.3) is 0 Å². The monoisotopic (exact) mass is 1080 g/mol. The van der Waals surface area contributed by atoms with Gasteiger partial charge in [-0.25, -0.2) is 4.57 Å². The van der Waals surface area contributed by atoms with Gasteiger partial charge >= 0.3 is 13.8 Å². The van der Waals surface area contributed by atoms with Gasteiger partial charge in [0.15, 0.2) is 0 Å². The number of amides is 1. The maximum absolute atomic E-state index is 13.5. The highest BCUT2D eigenvalue weighted by atomic mass is 31.2. The summed E-state index contributed by atoms with van der Waals surface area (Å²) < 4.78 is 30.6. The SMILES string of the molecule is CC/C=C\C/C=C\C/C=C\C/C=C\C/C=C\C/C=C\CCCCC(=O)OC(/C=C/CCCCCCCCCCCCC)C(COP(=O)(O)OCC[N+](C)(C)C)NC(=O)CCCCC/C=C/C/C=C/C/C=C/C/C=C/CC. The fraction of sp³-hybridized carbons (Fsp3) is 0.636. The van der Waals surface area contributed by atoms with Crippen molar-refractivity contribution < 1.29 is 37.3 Å². The minimum absolute atomic E-state index is 0.0189. The quantitative estimate of drug-likeness (QED) is 0.0205. The van der Waals surface area contributed by atoms with E-state index in [0.717, 1.165) is 116 Å². The lowest BCUT2D eigenvalue weighted by Crippen LogP contribution is -2.47. The first-order valence-electron chi connectivity index (χ1n) is 30.0. The molecule has 9 nitrogen and oxygen atoms in total.